The predicted molar refractivity (Wildman–Crippen MR) is 124 cm³/mol. The highest BCUT2D eigenvalue weighted by Crippen LogP contribution is 2.34. The standard InChI is InChI=1S/C24H18F2N2O2S2/c1-2-16-22(30)27-24(31-13-20(29)18-11-10-15(25)12-19(18)26)28-23(16)32-21-9-5-7-14-6-3-4-8-17(14)21/h3-12H,2,13H2,1H3,(H,27,28,30). The Morgan fingerprint density at radius 1 is 1.06 bits per heavy atom. The summed E-state index contributed by atoms with van der Waals surface area (Å²) in [5.41, 5.74) is 0.0908. The number of nitrogens with one attached hydrogen (secondary N) is 1. The van der Waals surface area contributed by atoms with Crippen LogP contribution in [0.5, 0.6) is 0 Å². The summed E-state index contributed by atoms with van der Waals surface area (Å²) >= 11 is 2.41. The molecule has 0 unspecified atom stereocenters. The molecule has 0 aliphatic heterocycles. The van der Waals surface area contributed by atoms with Crippen molar-refractivity contribution in [3.05, 3.63) is 93.8 Å². The SMILES string of the molecule is CCc1c(Sc2cccc3ccccc23)nc(SCC(=O)c2ccc(F)cc2F)[nH]c1=O. The van der Waals surface area contributed by atoms with Crippen LogP contribution in [-0.2, 0) is 6.42 Å². The van der Waals surface area contributed by atoms with Crippen molar-refractivity contribution >= 4 is 40.1 Å². The first kappa shape index (κ1) is 22.2. The van der Waals surface area contributed by atoms with Crippen molar-refractivity contribution < 1.29 is 13.6 Å². The second kappa shape index (κ2) is 9.67. The molecule has 162 valence electrons. The Labute approximate surface area is 191 Å². The molecule has 0 fully saturated rings. The van der Waals surface area contributed by atoms with Gasteiger partial charge in [-0.2, -0.15) is 0 Å². The smallest absolute Gasteiger partial charge is 0.255 e. The van der Waals surface area contributed by atoms with Crippen LogP contribution >= 0.6 is 23.5 Å². The lowest BCUT2D eigenvalue weighted by molar-refractivity contribution is 0.101. The number of aromatic amines is 1. The highest BCUT2D eigenvalue weighted by molar-refractivity contribution is 8.00. The van der Waals surface area contributed by atoms with Crippen LogP contribution in [0.15, 0.2) is 80.5 Å². The highest BCUT2D eigenvalue weighted by atomic mass is 32.2. The maximum atomic E-state index is 13.9. The molecule has 0 saturated carbocycles. The third-order valence-electron chi connectivity index (χ3n) is 4.84. The molecular weight excluding hydrogens is 450 g/mol. The summed E-state index contributed by atoms with van der Waals surface area (Å²) in [5, 5.41) is 2.98. The number of aromatic nitrogens is 2. The Morgan fingerprint density at radius 2 is 1.84 bits per heavy atom. The minimum absolute atomic E-state index is 0.144. The number of carbonyl (C=O) groups excluding carboxylic acids is 1. The summed E-state index contributed by atoms with van der Waals surface area (Å²) in [6, 6.07) is 16.7. The van der Waals surface area contributed by atoms with Gasteiger partial charge < -0.3 is 4.98 Å². The number of Topliss-reactive ketones (excluding diaryl/α,β-unsaturated/α-hetero) is 1. The lowest BCUT2D eigenvalue weighted by atomic mass is 10.1. The number of ketones is 1. The van der Waals surface area contributed by atoms with Crippen molar-refractivity contribution in [1.82, 2.24) is 9.97 Å². The van der Waals surface area contributed by atoms with E-state index in [1.165, 1.54) is 11.8 Å². The topological polar surface area (TPSA) is 62.8 Å². The number of benzene rings is 3. The zero-order chi connectivity index (χ0) is 22.7. The highest BCUT2D eigenvalue weighted by Gasteiger charge is 2.16. The van der Waals surface area contributed by atoms with Crippen molar-refractivity contribution in [2.75, 3.05) is 5.75 Å². The average Bonchev–Trinajstić information content (AvgIpc) is 2.78. The van der Waals surface area contributed by atoms with Gasteiger partial charge >= 0.3 is 0 Å². The molecule has 0 bridgehead atoms. The zero-order valence-corrected chi connectivity index (χ0v) is 18.7. The Kier molecular flexibility index (Phi) is 6.72. The summed E-state index contributed by atoms with van der Waals surface area (Å²) in [6.45, 7) is 1.88. The Hall–Kier alpha value is -2.97. The molecule has 3 aromatic carbocycles. The van der Waals surface area contributed by atoms with Gasteiger partial charge in [-0.1, -0.05) is 66.8 Å². The molecule has 0 aliphatic rings. The minimum Gasteiger partial charge on any atom is -0.301 e. The zero-order valence-electron chi connectivity index (χ0n) is 17.0. The summed E-state index contributed by atoms with van der Waals surface area (Å²) < 4.78 is 27.0. The van der Waals surface area contributed by atoms with Crippen LogP contribution in [0.4, 0.5) is 8.78 Å². The fraction of sp³-hybridized carbons (Fsp3) is 0.125. The lowest BCUT2D eigenvalue weighted by Crippen LogP contribution is -2.16. The van der Waals surface area contributed by atoms with Crippen LogP contribution in [0.1, 0.15) is 22.8 Å². The molecule has 1 aromatic heterocycles. The number of rotatable bonds is 7. The van der Waals surface area contributed by atoms with E-state index in [4.69, 9.17) is 0 Å². The lowest BCUT2D eigenvalue weighted by Gasteiger charge is -2.10. The summed E-state index contributed by atoms with van der Waals surface area (Å²) in [6.07, 6.45) is 0.500. The Balaban J connectivity index is 1.61. The molecule has 32 heavy (non-hydrogen) atoms. The number of thioether (sulfide) groups is 1. The number of nitrogens with zero attached hydrogens (tertiary/aromatic N) is 1. The summed E-state index contributed by atoms with van der Waals surface area (Å²) in [7, 11) is 0. The molecule has 0 amide bonds. The van der Waals surface area contributed by atoms with E-state index in [9.17, 15) is 18.4 Å². The number of fused-ring (bicyclic) bond motifs is 1. The van der Waals surface area contributed by atoms with Crippen LogP contribution in [0.2, 0.25) is 0 Å². The number of hydrogen-bond acceptors (Lipinski definition) is 5. The van der Waals surface area contributed by atoms with E-state index < -0.39 is 17.4 Å². The van der Waals surface area contributed by atoms with Gasteiger partial charge in [-0.15, -0.1) is 0 Å². The van der Waals surface area contributed by atoms with Gasteiger partial charge in [0.2, 0.25) is 0 Å². The van der Waals surface area contributed by atoms with Gasteiger partial charge in [0.15, 0.2) is 10.9 Å². The molecule has 1 heterocycles. The Bertz CT molecular complexity index is 1370. The third-order valence-corrected chi connectivity index (χ3v) is 6.82. The van der Waals surface area contributed by atoms with Crippen molar-refractivity contribution in [3.63, 3.8) is 0 Å². The molecular formula is C24H18F2N2O2S2. The molecule has 4 rings (SSSR count). The predicted octanol–water partition coefficient (Wildman–Crippen LogP) is 5.89. The molecule has 0 radical (unpaired) electrons. The van der Waals surface area contributed by atoms with Crippen molar-refractivity contribution in [2.24, 2.45) is 0 Å². The number of H-pyrrole nitrogens is 1. The fourth-order valence-corrected chi connectivity index (χ4v) is 5.19. The number of carbonyl (C=O) groups is 1. The quantitative estimate of drug-likeness (QED) is 0.159. The monoisotopic (exact) mass is 468 g/mol. The maximum Gasteiger partial charge on any atom is 0.255 e. The van der Waals surface area contributed by atoms with Gasteiger partial charge in [-0.05, 0) is 35.4 Å². The van der Waals surface area contributed by atoms with Crippen molar-refractivity contribution in [3.8, 4) is 0 Å². The molecule has 4 aromatic rings. The van der Waals surface area contributed by atoms with Gasteiger partial charge in [-0.3, -0.25) is 9.59 Å². The molecule has 0 spiro atoms. The van der Waals surface area contributed by atoms with Gasteiger partial charge in [-0.25, -0.2) is 13.8 Å². The van der Waals surface area contributed by atoms with Crippen LogP contribution in [0, 0.1) is 11.6 Å². The van der Waals surface area contributed by atoms with Gasteiger partial charge in [0, 0.05) is 16.5 Å². The van der Waals surface area contributed by atoms with Crippen LogP contribution in [-0.4, -0.2) is 21.5 Å². The number of hydrogen-bond donors (Lipinski definition) is 1. The minimum atomic E-state index is -0.911. The fourth-order valence-electron chi connectivity index (χ4n) is 3.24. The van der Waals surface area contributed by atoms with E-state index in [2.05, 4.69) is 9.97 Å². The normalized spacial score (nSPS) is 11.1. The molecule has 0 atom stereocenters. The second-order valence-corrected chi connectivity index (χ2v) is 8.92. The molecule has 0 saturated heterocycles. The van der Waals surface area contributed by atoms with Crippen LogP contribution in [0.3, 0.4) is 0 Å². The molecule has 0 aliphatic carbocycles. The van der Waals surface area contributed by atoms with E-state index >= 15 is 0 Å². The maximum absolute atomic E-state index is 13.9. The van der Waals surface area contributed by atoms with Gasteiger partial charge in [0.25, 0.3) is 5.56 Å². The van der Waals surface area contributed by atoms with E-state index in [0.717, 1.165) is 39.6 Å². The summed E-state index contributed by atoms with van der Waals surface area (Å²) in [4.78, 5) is 33.3. The first-order valence-electron chi connectivity index (χ1n) is 9.86. The van der Waals surface area contributed by atoms with E-state index in [0.29, 0.717) is 23.1 Å². The van der Waals surface area contributed by atoms with E-state index in [-0.39, 0.29) is 22.0 Å². The second-order valence-electron chi connectivity index (χ2n) is 6.92. The van der Waals surface area contributed by atoms with Crippen molar-refractivity contribution in [1.29, 1.82) is 0 Å². The first-order valence-corrected chi connectivity index (χ1v) is 11.7. The van der Waals surface area contributed by atoms with E-state index in [1.54, 1.807) is 0 Å². The van der Waals surface area contributed by atoms with E-state index in [1.807, 2.05) is 49.4 Å². The van der Waals surface area contributed by atoms with Gasteiger partial charge in [0.05, 0.1) is 11.3 Å². The largest absolute Gasteiger partial charge is 0.301 e. The molecule has 8 heteroatoms. The number of halogens is 2. The van der Waals surface area contributed by atoms with Crippen LogP contribution in [0.25, 0.3) is 10.8 Å². The Morgan fingerprint density at radius 3 is 2.62 bits per heavy atom. The summed E-state index contributed by atoms with van der Waals surface area (Å²) in [5.74, 6) is -2.32. The first-order chi connectivity index (χ1) is 15.5. The van der Waals surface area contributed by atoms with Gasteiger partial charge in [0.1, 0.15) is 16.7 Å². The molecule has 1 N–H and O–H groups in total. The van der Waals surface area contributed by atoms with Crippen molar-refractivity contribution in [2.45, 2.75) is 28.4 Å². The average molecular weight is 469 g/mol. The van der Waals surface area contributed by atoms with Crippen LogP contribution < -0.4 is 5.56 Å². The molecule has 4 nitrogen and oxygen atoms in total. The third kappa shape index (κ3) is 4.76.